The van der Waals surface area contributed by atoms with Crippen LogP contribution in [-0.2, 0) is 0 Å². The normalized spacial score (nSPS) is 15.8. The van der Waals surface area contributed by atoms with Crippen molar-refractivity contribution in [2.24, 2.45) is 0 Å². The van der Waals surface area contributed by atoms with Gasteiger partial charge in [-0.3, -0.25) is 0 Å². The van der Waals surface area contributed by atoms with Crippen molar-refractivity contribution in [3.8, 4) is 0 Å². The highest BCUT2D eigenvalue weighted by atomic mass is 32.2. The van der Waals surface area contributed by atoms with Crippen molar-refractivity contribution in [2.75, 3.05) is 12.4 Å². The molecule has 100 valence electrons. The summed E-state index contributed by atoms with van der Waals surface area (Å²) in [5, 5.41) is 16.6. The zero-order valence-electron chi connectivity index (χ0n) is 10.7. The van der Waals surface area contributed by atoms with Crippen LogP contribution in [0.15, 0.2) is 22.4 Å². The van der Waals surface area contributed by atoms with Gasteiger partial charge < -0.3 is 5.32 Å². The predicted octanol–water partition coefficient (Wildman–Crippen LogP) is 1.77. The van der Waals surface area contributed by atoms with Gasteiger partial charge in [0.25, 0.3) is 0 Å². The quantitative estimate of drug-likeness (QED) is 0.853. The molecule has 0 unspecified atom stereocenters. The van der Waals surface area contributed by atoms with E-state index in [9.17, 15) is 0 Å². The van der Waals surface area contributed by atoms with Crippen LogP contribution in [0, 0.1) is 0 Å². The van der Waals surface area contributed by atoms with E-state index in [1.54, 1.807) is 13.2 Å². The molecule has 7 nitrogen and oxygen atoms in total. The van der Waals surface area contributed by atoms with E-state index in [4.69, 9.17) is 0 Å². The van der Waals surface area contributed by atoms with E-state index in [0.717, 1.165) is 23.0 Å². The topological polar surface area (TPSA) is 81.4 Å². The van der Waals surface area contributed by atoms with E-state index in [2.05, 4.69) is 30.8 Å². The number of rotatable bonds is 4. The standard InChI is InChI=1S/C11H15N7S/c1-12-10-13-7-6-9(14-10)19-11-15-16-17-18(11)8-4-2-3-5-8/h6-8H,2-5H2,1H3,(H,12,13,14). The molecule has 0 bridgehead atoms. The summed E-state index contributed by atoms with van der Waals surface area (Å²) in [7, 11) is 1.80. The summed E-state index contributed by atoms with van der Waals surface area (Å²) < 4.78 is 1.93. The number of nitrogens with zero attached hydrogens (tertiary/aromatic N) is 6. The van der Waals surface area contributed by atoms with Crippen LogP contribution in [0.3, 0.4) is 0 Å². The molecule has 0 radical (unpaired) electrons. The molecule has 1 aliphatic rings. The number of tetrazole rings is 1. The summed E-state index contributed by atoms with van der Waals surface area (Å²) in [5.41, 5.74) is 0. The second-order valence-electron chi connectivity index (χ2n) is 4.41. The lowest BCUT2D eigenvalue weighted by molar-refractivity contribution is 0.423. The van der Waals surface area contributed by atoms with Gasteiger partial charge in [-0.25, -0.2) is 14.6 Å². The van der Waals surface area contributed by atoms with Gasteiger partial charge in [0, 0.05) is 13.2 Å². The maximum atomic E-state index is 4.37. The Bertz CT molecular complexity index is 549. The van der Waals surface area contributed by atoms with E-state index < -0.39 is 0 Å². The van der Waals surface area contributed by atoms with Crippen LogP contribution in [0.1, 0.15) is 31.7 Å². The van der Waals surface area contributed by atoms with Crippen LogP contribution < -0.4 is 5.32 Å². The lowest BCUT2D eigenvalue weighted by Crippen LogP contribution is -2.08. The van der Waals surface area contributed by atoms with Gasteiger partial charge in [-0.2, -0.15) is 0 Å². The van der Waals surface area contributed by atoms with Gasteiger partial charge in [0.2, 0.25) is 11.1 Å². The Kier molecular flexibility index (Phi) is 3.58. The summed E-state index contributed by atoms with van der Waals surface area (Å²) in [6.07, 6.45) is 6.55. The molecule has 2 heterocycles. The number of anilines is 1. The molecule has 3 rings (SSSR count). The average Bonchev–Trinajstić information content (AvgIpc) is 3.09. The predicted molar refractivity (Wildman–Crippen MR) is 71.0 cm³/mol. The first-order valence-electron chi connectivity index (χ1n) is 6.33. The van der Waals surface area contributed by atoms with Gasteiger partial charge in [-0.15, -0.1) is 5.10 Å². The maximum absolute atomic E-state index is 4.37. The molecule has 2 aromatic rings. The van der Waals surface area contributed by atoms with Gasteiger partial charge in [-0.05, 0) is 41.1 Å². The first-order valence-corrected chi connectivity index (χ1v) is 7.15. The fourth-order valence-electron chi connectivity index (χ4n) is 2.24. The Balaban J connectivity index is 1.81. The highest BCUT2D eigenvalue weighted by molar-refractivity contribution is 7.99. The van der Waals surface area contributed by atoms with Crippen molar-refractivity contribution < 1.29 is 0 Å². The molecule has 19 heavy (non-hydrogen) atoms. The van der Waals surface area contributed by atoms with Crippen LogP contribution in [0.2, 0.25) is 0 Å². The number of aromatic nitrogens is 6. The number of hydrogen-bond acceptors (Lipinski definition) is 7. The van der Waals surface area contributed by atoms with E-state index in [0.29, 0.717) is 12.0 Å². The molecule has 0 aliphatic heterocycles. The summed E-state index contributed by atoms with van der Waals surface area (Å²) in [5.74, 6) is 0.602. The Labute approximate surface area is 115 Å². The van der Waals surface area contributed by atoms with Gasteiger partial charge in [0.05, 0.1) is 6.04 Å². The molecule has 1 N–H and O–H groups in total. The number of hydrogen-bond donors (Lipinski definition) is 1. The first kappa shape index (κ1) is 12.3. The highest BCUT2D eigenvalue weighted by Crippen LogP contribution is 2.33. The van der Waals surface area contributed by atoms with Crippen molar-refractivity contribution >= 4 is 17.7 Å². The van der Waals surface area contributed by atoms with Crippen molar-refractivity contribution in [1.29, 1.82) is 0 Å². The third-order valence-electron chi connectivity index (χ3n) is 3.18. The smallest absolute Gasteiger partial charge is 0.223 e. The molecule has 1 saturated carbocycles. The Morgan fingerprint density at radius 3 is 3.00 bits per heavy atom. The second-order valence-corrected chi connectivity index (χ2v) is 5.40. The zero-order valence-corrected chi connectivity index (χ0v) is 11.5. The minimum Gasteiger partial charge on any atom is -0.357 e. The van der Waals surface area contributed by atoms with Crippen molar-refractivity contribution in [2.45, 2.75) is 41.9 Å². The van der Waals surface area contributed by atoms with Crippen molar-refractivity contribution in [3.63, 3.8) is 0 Å². The molecule has 0 amide bonds. The van der Waals surface area contributed by atoms with Gasteiger partial charge in [0.1, 0.15) is 5.03 Å². The summed E-state index contributed by atoms with van der Waals surface area (Å²) in [6.45, 7) is 0. The van der Waals surface area contributed by atoms with Crippen LogP contribution in [-0.4, -0.2) is 37.2 Å². The maximum Gasteiger partial charge on any atom is 0.223 e. The van der Waals surface area contributed by atoms with Crippen LogP contribution in [0.4, 0.5) is 5.95 Å². The fraction of sp³-hybridized carbons (Fsp3) is 0.545. The van der Waals surface area contributed by atoms with Crippen LogP contribution >= 0.6 is 11.8 Å². The highest BCUT2D eigenvalue weighted by Gasteiger charge is 2.22. The third-order valence-corrected chi connectivity index (χ3v) is 4.07. The van der Waals surface area contributed by atoms with Gasteiger partial charge >= 0.3 is 0 Å². The third kappa shape index (κ3) is 2.67. The Morgan fingerprint density at radius 1 is 1.37 bits per heavy atom. The summed E-state index contributed by atoms with van der Waals surface area (Å²) >= 11 is 1.47. The largest absolute Gasteiger partial charge is 0.357 e. The minimum atomic E-state index is 0.433. The molecule has 1 fully saturated rings. The fourth-order valence-corrected chi connectivity index (χ4v) is 3.05. The zero-order chi connectivity index (χ0) is 13.1. The van der Waals surface area contributed by atoms with Crippen molar-refractivity contribution in [1.82, 2.24) is 30.2 Å². The monoisotopic (exact) mass is 277 g/mol. The second kappa shape index (κ2) is 5.52. The number of nitrogens with one attached hydrogen (secondary N) is 1. The summed E-state index contributed by atoms with van der Waals surface area (Å²) in [4.78, 5) is 8.46. The van der Waals surface area contributed by atoms with Crippen LogP contribution in [0.25, 0.3) is 0 Å². The SMILES string of the molecule is CNc1nccc(Sc2nnnn2C2CCCC2)n1. The molecule has 2 aromatic heterocycles. The molecule has 0 spiro atoms. The van der Waals surface area contributed by atoms with Gasteiger partial charge in [0.15, 0.2) is 0 Å². The Morgan fingerprint density at radius 2 is 2.21 bits per heavy atom. The molecule has 0 aromatic carbocycles. The first-order chi connectivity index (χ1) is 9.36. The van der Waals surface area contributed by atoms with E-state index in [-0.39, 0.29) is 0 Å². The van der Waals surface area contributed by atoms with E-state index >= 15 is 0 Å². The Hall–Kier alpha value is -1.70. The molecular formula is C11H15N7S. The lowest BCUT2D eigenvalue weighted by atomic mass is 10.3. The van der Waals surface area contributed by atoms with E-state index in [1.165, 1.54) is 24.6 Å². The molecular weight excluding hydrogens is 262 g/mol. The minimum absolute atomic E-state index is 0.433. The lowest BCUT2D eigenvalue weighted by Gasteiger charge is -2.10. The summed E-state index contributed by atoms with van der Waals surface area (Å²) in [6, 6.07) is 2.29. The van der Waals surface area contributed by atoms with Gasteiger partial charge in [-0.1, -0.05) is 12.8 Å². The molecule has 1 aliphatic carbocycles. The van der Waals surface area contributed by atoms with Crippen LogP contribution in [0.5, 0.6) is 0 Å². The molecule has 0 atom stereocenters. The average molecular weight is 277 g/mol. The van der Waals surface area contributed by atoms with E-state index in [1.807, 2.05) is 10.7 Å². The molecule has 8 heteroatoms. The molecule has 0 saturated heterocycles. The van der Waals surface area contributed by atoms with Crippen molar-refractivity contribution in [3.05, 3.63) is 12.3 Å².